The fourth-order valence-corrected chi connectivity index (χ4v) is 2.51. The van der Waals surface area contributed by atoms with Gasteiger partial charge < -0.3 is 10.6 Å². The lowest BCUT2D eigenvalue weighted by Crippen LogP contribution is -2.52. The van der Waals surface area contributed by atoms with E-state index in [0.29, 0.717) is 11.6 Å². The predicted molar refractivity (Wildman–Crippen MR) is 57.2 cm³/mol. The van der Waals surface area contributed by atoms with Crippen molar-refractivity contribution in [2.75, 3.05) is 13.1 Å². The lowest BCUT2D eigenvalue weighted by Gasteiger charge is -2.34. The molecule has 1 atom stereocenters. The molecule has 2 fully saturated rings. The van der Waals surface area contributed by atoms with Gasteiger partial charge in [-0.15, -0.1) is 0 Å². The molecule has 0 bridgehead atoms. The molecule has 2 heteroatoms. The molecule has 1 spiro atoms. The normalized spacial score (nSPS) is 29.0. The molecule has 2 nitrogen and oxygen atoms in total. The minimum absolute atomic E-state index is 0.388. The zero-order chi connectivity index (χ0) is 9.43. The van der Waals surface area contributed by atoms with E-state index in [0.717, 1.165) is 13.1 Å². The first kappa shape index (κ1) is 8.45. The molecule has 3 rings (SSSR count). The number of nitrogens with one attached hydrogen (secondary N) is 2. The highest BCUT2D eigenvalue weighted by Crippen LogP contribution is 2.46. The highest BCUT2D eigenvalue weighted by molar-refractivity contribution is 5.28. The van der Waals surface area contributed by atoms with E-state index in [1.54, 1.807) is 0 Å². The summed E-state index contributed by atoms with van der Waals surface area (Å²) in [6.45, 7) is 2.20. The SMILES string of the molecule is c1ccc(C2NCCNC23CC3)cc1. The third-order valence-electron chi connectivity index (χ3n) is 3.42. The van der Waals surface area contributed by atoms with E-state index in [4.69, 9.17) is 0 Å². The summed E-state index contributed by atoms with van der Waals surface area (Å²) in [5, 5.41) is 7.28. The van der Waals surface area contributed by atoms with Crippen LogP contribution in [0.2, 0.25) is 0 Å². The van der Waals surface area contributed by atoms with Gasteiger partial charge >= 0.3 is 0 Å². The van der Waals surface area contributed by atoms with E-state index in [9.17, 15) is 0 Å². The third-order valence-corrected chi connectivity index (χ3v) is 3.42. The summed E-state index contributed by atoms with van der Waals surface area (Å²) in [5.74, 6) is 0. The number of piperazine rings is 1. The predicted octanol–water partition coefficient (Wildman–Crippen LogP) is 1.45. The molecule has 1 aliphatic heterocycles. The summed E-state index contributed by atoms with van der Waals surface area (Å²) in [6, 6.07) is 11.3. The minimum Gasteiger partial charge on any atom is -0.308 e. The van der Waals surface area contributed by atoms with Gasteiger partial charge in [0, 0.05) is 18.6 Å². The Morgan fingerprint density at radius 1 is 1.07 bits per heavy atom. The summed E-state index contributed by atoms with van der Waals surface area (Å²) < 4.78 is 0. The zero-order valence-corrected chi connectivity index (χ0v) is 8.29. The molecule has 1 aromatic rings. The molecule has 74 valence electrons. The molecular formula is C12H16N2. The Hall–Kier alpha value is -0.860. The Balaban J connectivity index is 1.90. The van der Waals surface area contributed by atoms with Gasteiger partial charge in [0.25, 0.3) is 0 Å². The standard InChI is InChI=1S/C12H16N2/c1-2-4-10(5-3-1)11-12(6-7-12)14-9-8-13-11/h1-5,11,13-14H,6-9H2. The van der Waals surface area contributed by atoms with Crippen LogP contribution in [0.15, 0.2) is 30.3 Å². The van der Waals surface area contributed by atoms with Gasteiger partial charge in [0.05, 0.1) is 6.04 Å². The topological polar surface area (TPSA) is 24.1 Å². The lowest BCUT2D eigenvalue weighted by atomic mass is 9.95. The van der Waals surface area contributed by atoms with Crippen LogP contribution < -0.4 is 10.6 Å². The van der Waals surface area contributed by atoms with Crippen molar-refractivity contribution in [2.45, 2.75) is 24.4 Å². The molecule has 1 aromatic carbocycles. The van der Waals surface area contributed by atoms with Crippen molar-refractivity contribution >= 4 is 0 Å². The summed E-state index contributed by atoms with van der Waals surface area (Å²) in [7, 11) is 0. The summed E-state index contributed by atoms with van der Waals surface area (Å²) in [4.78, 5) is 0. The van der Waals surface area contributed by atoms with E-state index in [2.05, 4.69) is 41.0 Å². The van der Waals surface area contributed by atoms with Gasteiger partial charge in [-0.25, -0.2) is 0 Å². The van der Waals surface area contributed by atoms with Crippen molar-refractivity contribution in [1.82, 2.24) is 10.6 Å². The average molecular weight is 188 g/mol. The first-order valence-electron chi connectivity index (χ1n) is 5.44. The maximum Gasteiger partial charge on any atom is 0.0505 e. The fraction of sp³-hybridized carbons (Fsp3) is 0.500. The van der Waals surface area contributed by atoms with Crippen LogP contribution in [0.5, 0.6) is 0 Å². The largest absolute Gasteiger partial charge is 0.308 e. The molecule has 1 saturated carbocycles. The van der Waals surface area contributed by atoms with Gasteiger partial charge in [0.1, 0.15) is 0 Å². The van der Waals surface area contributed by atoms with Gasteiger partial charge in [-0.3, -0.25) is 0 Å². The van der Waals surface area contributed by atoms with Crippen molar-refractivity contribution < 1.29 is 0 Å². The second-order valence-corrected chi connectivity index (χ2v) is 4.38. The maximum absolute atomic E-state index is 3.66. The van der Waals surface area contributed by atoms with Crippen LogP contribution in [-0.2, 0) is 0 Å². The van der Waals surface area contributed by atoms with Crippen LogP contribution in [0, 0.1) is 0 Å². The highest BCUT2D eigenvalue weighted by Gasteiger charge is 2.50. The van der Waals surface area contributed by atoms with Crippen molar-refractivity contribution in [3.05, 3.63) is 35.9 Å². The zero-order valence-electron chi connectivity index (χ0n) is 8.29. The van der Waals surface area contributed by atoms with Gasteiger partial charge in [-0.1, -0.05) is 30.3 Å². The molecule has 14 heavy (non-hydrogen) atoms. The highest BCUT2D eigenvalue weighted by atomic mass is 15.2. The van der Waals surface area contributed by atoms with Gasteiger partial charge in [0.15, 0.2) is 0 Å². The molecule has 1 heterocycles. The molecule has 1 aliphatic carbocycles. The summed E-state index contributed by atoms with van der Waals surface area (Å²) in [5.41, 5.74) is 1.82. The molecule has 1 saturated heterocycles. The number of hydrogen-bond donors (Lipinski definition) is 2. The third kappa shape index (κ3) is 1.26. The number of hydrogen-bond acceptors (Lipinski definition) is 2. The molecule has 0 aromatic heterocycles. The number of benzene rings is 1. The Bertz CT molecular complexity index is 316. The maximum atomic E-state index is 3.66. The Kier molecular flexibility index (Phi) is 1.85. The van der Waals surface area contributed by atoms with E-state index in [-0.39, 0.29) is 0 Å². The first-order chi connectivity index (χ1) is 6.91. The Morgan fingerprint density at radius 2 is 1.86 bits per heavy atom. The van der Waals surface area contributed by atoms with Gasteiger partial charge in [-0.2, -0.15) is 0 Å². The van der Waals surface area contributed by atoms with Gasteiger partial charge in [0.2, 0.25) is 0 Å². The number of rotatable bonds is 1. The summed E-state index contributed by atoms with van der Waals surface area (Å²) >= 11 is 0. The average Bonchev–Trinajstić information content (AvgIpc) is 3.01. The monoisotopic (exact) mass is 188 g/mol. The van der Waals surface area contributed by atoms with Gasteiger partial charge in [-0.05, 0) is 18.4 Å². The van der Waals surface area contributed by atoms with E-state index < -0.39 is 0 Å². The molecular weight excluding hydrogens is 172 g/mol. The van der Waals surface area contributed by atoms with Crippen LogP contribution in [0.1, 0.15) is 24.4 Å². The smallest absolute Gasteiger partial charge is 0.0505 e. The fourth-order valence-electron chi connectivity index (χ4n) is 2.51. The first-order valence-corrected chi connectivity index (χ1v) is 5.44. The van der Waals surface area contributed by atoms with Crippen molar-refractivity contribution in [3.8, 4) is 0 Å². The van der Waals surface area contributed by atoms with Crippen molar-refractivity contribution in [1.29, 1.82) is 0 Å². The molecule has 0 radical (unpaired) electrons. The van der Waals surface area contributed by atoms with E-state index >= 15 is 0 Å². The second kappa shape index (κ2) is 3.07. The molecule has 2 aliphatic rings. The molecule has 2 N–H and O–H groups in total. The van der Waals surface area contributed by atoms with Crippen LogP contribution >= 0.6 is 0 Å². The minimum atomic E-state index is 0.388. The Labute approximate surface area is 84.7 Å². The quantitative estimate of drug-likeness (QED) is 0.697. The van der Waals surface area contributed by atoms with Crippen molar-refractivity contribution in [3.63, 3.8) is 0 Å². The molecule has 1 unspecified atom stereocenters. The lowest BCUT2D eigenvalue weighted by molar-refractivity contribution is 0.308. The Morgan fingerprint density at radius 3 is 2.57 bits per heavy atom. The van der Waals surface area contributed by atoms with Crippen LogP contribution in [0.25, 0.3) is 0 Å². The van der Waals surface area contributed by atoms with Crippen LogP contribution in [0.4, 0.5) is 0 Å². The second-order valence-electron chi connectivity index (χ2n) is 4.38. The van der Waals surface area contributed by atoms with Crippen molar-refractivity contribution in [2.24, 2.45) is 0 Å². The molecule has 0 amide bonds. The van der Waals surface area contributed by atoms with Crippen LogP contribution in [-0.4, -0.2) is 18.6 Å². The summed E-state index contributed by atoms with van der Waals surface area (Å²) in [6.07, 6.45) is 2.64. The van der Waals surface area contributed by atoms with Crippen LogP contribution in [0.3, 0.4) is 0 Å². The van der Waals surface area contributed by atoms with E-state index in [1.165, 1.54) is 18.4 Å². The van der Waals surface area contributed by atoms with E-state index in [1.807, 2.05) is 0 Å².